The van der Waals surface area contributed by atoms with E-state index in [0.29, 0.717) is 6.42 Å². The van der Waals surface area contributed by atoms with Gasteiger partial charge in [-0.1, -0.05) is 20.3 Å². The van der Waals surface area contributed by atoms with Crippen LogP contribution in [0.4, 0.5) is 8.78 Å². The van der Waals surface area contributed by atoms with E-state index in [-0.39, 0.29) is 5.92 Å². The van der Waals surface area contributed by atoms with Gasteiger partial charge >= 0.3 is 0 Å². The zero-order valence-electron chi connectivity index (χ0n) is 9.28. The van der Waals surface area contributed by atoms with Crippen molar-refractivity contribution in [2.45, 2.75) is 38.3 Å². The van der Waals surface area contributed by atoms with Crippen LogP contribution in [0.5, 0.6) is 0 Å². The Kier molecular flexibility index (Phi) is 3.48. The molecular formula is C10H15F2N3O. The number of alkyl halides is 2. The number of likely N-dealkylation sites (tertiary alicyclic amines) is 1. The molecule has 0 radical (unpaired) electrons. The van der Waals surface area contributed by atoms with Crippen molar-refractivity contribution >= 4 is 5.91 Å². The van der Waals surface area contributed by atoms with Crippen LogP contribution in [-0.2, 0) is 4.79 Å². The van der Waals surface area contributed by atoms with Crippen molar-refractivity contribution in [3.05, 3.63) is 0 Å². The number of amides is 1. The first-order chi connectivity index (χ1) is 7.35. The Hall–Kier alpha value is -1.22. The third kappa shape index (κ3) is 2.00. The van der Waals surface area contributed by atoms with Crippen molar-refractivity contribution in [2.24, 2.45) is 11.7 Å². The van der Waals surface area contributed by atoms with Gasteiger partial charge in [0.1, 0.15) is 0 Å². The van der Waals surface area contributed by atoms with Crippen molar-refractivity contribution in [2.75, 3.05) is 6.54 Å². The zero-order chi connectivity index (χ0) is 12.5. The number of carbonyl (C=O) groups excluding carboxylic acids is 1. The van der Waals surface area contributed by atoms with Gasteiger partial charge in [0.15, 0.2) is 6.04 Å². The summed E-state index contributed by atoms with van der Waals surface area (Å²) in [5.74, 6) is -3.74. The van der Waals surface area contributed by atoms with Crippen LogP contribution in [-0.4, -0.2) is 35.4 Å². The Labute approximate surface area is 93.0 Å². The van der Waals surface area contributed by atoms with Gasteiger partial charge in [0.25, 0.3) is 5.92 Å². The molecule has 2 N–H and O–H groups in total. The molecule has 6 heteroatoms. The summed E-state index contributed by atoms with van der Waals surface area (Å²) in [6.45, 7) is 2.94. The molecule has 0 aliphatic carbocycles. The summed E-state index contributed by atoms with van der Waals surface area (Å²) in [4.78, 5) is 12.6. The molecule has 1 saturated heterocycles. The molecule has 0 aromatic carbocycles. The maximum atomic E-state index is 12.9. The van der Waals surface area contributed by atoms with Crippen LogP contribution in [0.15, 0.2) is 0 Å². The van der Waals surface area contributed by atoms with Gasteiger partial charge in [-0.3, -0.25) is 4.79 Å². The van der Waals surface area contributed by atoms with Gasteiger partial charge in [-0.2, -0.15) is 5.26 Å². The monoisotopic (exact) mass is 231 g/mol. The lowest BCUT2D eigenvalue weighted by Gasteiger charge is -2.44. The number of carbonyl (C=O) groups is 1. The Bertz CT molecular complexity index is 327. The second-order valence-corrected chi connectivity index (χ2v) is 4.17. The molecule has 0 spiro atoms. The van der Waals surface area contributed by atoms with E-state index in [2.05, 4.69) is 0 Å². The molecule has 16 heavy (non-hydrogen) atoms. The smallest absolute Gasteiger partial charge is 0.298 e. The standard InChI is InChI=1S/C10H15F2N3O/c1-3-6(2)8(14)9(16)15-5-10(11,12)7(15)4-13/h6-8H,3,5,14H2,1-2H3/t6?,7?,8-/m0/s1. The van der Waals surface area contributed by atoms with E-state index >= 15 is 0 Å². The topological polar surface area (TPSA) is 70.1 Å². The summed E-state index contributed by atoms with van der Waals surface area (Å²) in [6.07, 6.45) is 0.689. The van der Waals surface area contributed by atoms with E-state index in [9.17, 15) is 13.6 Å². The number of nitrogens with two attached hydrogens (primary N) is 1. The second-order valence-electron chi connectivity index (χ2n) is 4.17. The van der Waals surface area contributed by atoms with Crippen molar-refractivity contribution in [3.63, 3.8) is 0 Å². The summed E-state index contributed by atoms with van der Waals surface area (Å²) in [5, 5.41) is 8.55. The van der Waals surface area contributed by atoms with Crippen LogP contribution in [0, 0.1) is 17.2 Å². The molecule has 90 valence electrons. The molecule has 1 heterocycles. The fourth-order valence-electron chi connectivity index (χ4n) is 1.58. The zero-order valence-corrected chi connectivity index (χ0v) is 9.28. The van der Waals surface area contributed by atoms with Crippen LogP contribution in [0.25, 0.3) is 0 Å². The fourth-order valence-corrected chi connectivity index (χ4v) is 1.58. The lowest BCUT2D eigenvalue weighted by Crippen LogP contribution is -2.69. The van der Waals surface area contributed by atoms with Gasteiger partial charge in [0.2, 0.25) is 5.91 Å². The molecule has 1 fully saturated rings. The van der Waals surface area contributed by atoms with Gasteiger partial charge in [-0.05, 0) is 5.92 Å². The van der Waals surface area contributed by atoms with Gasteiger partial charge in [-0.25, -0.2) is 8.78 Å². The van der Waals surface area contributed by atoms with Crippen LogP contribution in [0.2, 0.25) is 0 Å². The highest BCUT2D eigenvalue weighted by molar-refractivity contribution is 5.83. The third-order valence-corrected chi connectivity index (χ3v) is 3.04. The number of rotatable bonds is 3. The first-order valence-electron chi connectivity index (χ1n) is 5.18. The summed E-state index contributed by atoms with van der Waals surface area (Å²) in [5.41, 5.74) is 5.64. The van der Waals surface area contributed by atoms with E-state index in [1.165, 1.54) is 6.07 Å². The van der Waals surface area contributed by atoms with Crippen molar-refractivity contribution in [1.82, 2.24) is 4.90 Å². The molecular weight excluding hydrogens is 216 g/mol. The van der Waals surface area contributed by atoms with Crippen molar-refractivity contribution < 1.29 is 13.6 Å². The molecule has 1 aliphatic rings. The number of hydrogen-bond acceptors (Lipinski definition) is 3. The minimum absolute atomic E-state index is 0.0823. The SMILES string of the molecule is CCC(C)[C@H](N)C(=O)N1CC(F)(F)C1C#N. The molecule has 0 bridgehead atoms. The Morgan fingerprint density at radius 2 is 2.31 bits per heavy atom. The van der Waals surface area contributed by atoms with Gasteiger partial charge in [-0.15, -0.1) is 0 Å². The largest absolute Gasteiger partial charge is 0.320 e. The highest BCUT2D eigenvalue weighted by atomic mass is 19.3. The minimum atomic E-state index is -3.10. The number of halogens is 2. The predicted octanol–water partition coefficient (Wildman–Crippen LogP) is 0.729. The average Bonchev–Trinajstić information content (AvgIpc) is 2.23. The maximum Gasteiger partial charge on any atom is 0.298 e. The Morgan fingerprint density at radius 1 is 1.75 bits per heavy atom. The Morgan fingerprint density at radius 3 is 2.69 bits per heavy atom. The van der Waals surface area contributed by atoms with Gasteiger partial charge < -0.3 is 10.6 Å². The van der Waals surface area contributed by atoms with E-state index in [4.69, 9.17) is 11.0 Å². The lowest BCUT2D eigenvalue weighted by molar-refractivity contribution is -0.183. The summed E-state index contributed by atoms with van der Waals surface area (Å²) in [6, 6.07) is -1.03. The quantitative estimate of drug-likeness (QED) is 0.778. The molecule has 1 rings (SSSR count). The van der Waals surface area contributed by atoms with Crippen molar-refractivity contribution in [3.8, 4) is 6.07 Å². The lowest BCUT2D eigenvalue weighted by atomic mass is 9.93. The number of hydrogen-bond donors (Lipinski definition) is 1. The second kappa shape index (κ2) is 4.34. The Balaban J connectivity index is 2.68. The van der Waals surface area contributed by atoms with Crippen LogP contribution < -0.4 is 5.73 Å². The molecule has 1 amide bonds. The van der Waals surface area contributed by atoms with Crippen LogP contribution in [0.3, 0.4) is 0 Å². The molecule has 4 nitrogen and oxygen atoms in total. The minimum Gasteiger partial charge on any atom is -0.320 e. The fraction of sp³-hybridized carbons (Fsp3) is 0.800. The highest BCUT2D eigenvalue weighted by Gasteiger charge is 2.58. The van der Waals surface area contributed by atoms with Crippen molar-refractivity contribution in [1.29, 1.82) is 5.26 Å². The molecule has 0 aromatic heterocycles. The number of nitrogens with zero attached hydrogens (tertiary/aromatic N) is 2. The molecule has 1 aliphatic heterocycles. The summed E-state index contributed by atoms with van der Waals surface area (Å²) >= 11 is 0. The average molecular weight is 231 g/mol. The van der Waals surface area contributed by atoms with E-state index in [1.807, 2.05) is 6.92 Å². The number of nitriles is 1. The summed E-state index contributed by atoms with van der Waals surface area (Å²) in [7, 11) is 0. The third-order valence-electron chi connectivity index (χ3n) is 3.04. The summed E-state index contributed by atoms with van der Waals surface area (Å²) < 4.78 is 25.8. The van der Waals surface area contributed by atoms with E-state index < -0.39 is 30.5 Å². The first kappa shape index (κ1) is 12.8. The highest BCUT2D eigenvalue weighted by Crippen LogP contribution is 2.35. The van der Waals surface area contributed by atoms with Gasteiger partial charge in [0.05, 0.1) is 18.7 Å². The molecule has 2 unspecified atom stereocenters. The first-order valence-corrected chi connectivity index (χ1v) is 5.18. The normalized spacial score (nSPS) is 26.5. The molecule has 0 saturated carbocycles. The van der Waals surface area contributed by atoms with Crippen LogP contribution in [0.1, 0.15) is 20.3 Å². The van der Waals surface area contributed by atoms with E-state index in [0.717, 1.165) is 4.90 Å². The molecule has 0 aromatic rings. The molecule has 3 atom stereocenters. The maximum absolute atomic E-state index is 12.9. The van der Waals surface area contributed by atoms with E-state index in [1.54, 1.807) is 6.92 Å². The van der Waals surface area contributed by atoms with Gasteiger partial charge in [0, 0.05) is 0 Å². The predicted molar refractivity (Wildman–Crippen MR) is 53.5 cm³/mol. The van der Waals surface area contributed by atoms with Crippen LogP contribution >= 0.6 is 0 Å².